The van der Waals surface area contributed by atoms with Crippen LogP contribution >= 0.6 is 11.6 Å². The van der Waals surface area contributed by atoms with E-state index in [4.69, 9.17) is 16.6 Å². The van der Waals surface area contributed by atoms with Crippen LogP contribution in [0.1, 0.15) is 18.9 Å². The average Bonchev–Trinajstić information content (AvgIpc) is 2.87. The number of rotatable bonds is 4. The Labute approximate surface area is 123 Å². The summed E-state index contributed by atoms with van der Waals surface area (Å²) in [6.07, 6.45) is 2.87. The van der Waals surface area contributed by atoms with Crippen molar-refractivity contribution >= 4 is 22.8 Å². The number of imidazole rings is 1. The van der Waals surface area contributed by atoms with Gasteiger partial charge in [-0.05, 0) is 24.1 Å². The molecule has 0 N–H and O–H groups in total. The number of alkyl halides is 1. The summed E-state index contributed by atoms with van der Waals surface area (Å²) < 4.78 is 2.19. The zero-order valence-electron chi connectivity index (χ0n) is 11.4. The standard InChI is InChI=1S/C16H16ClN3/c1-2-10-20-15(13-7-5-12(11-17)6-8-13)19-14-4-3-9-18-16(14)20/h3-9H,2,10-11H2,1H3. The molecular weight excluding hydrogens is 270 g/mol. The number of pyridine rings is 1. The van der Waals surface area contributed by atoms with Crippen LogP contribution in [-0.4, -0.2) is 14.5 Å². The van der Waals surface area contributed by atoms with E-state index in [1.165, 1.54) is 0 Å². The molecule has 0 amide bonds. The fourth-order valence-corrected chi connectivity index (χ4v) is 2.54. The van der Waals surface area contributed by atoms with Crippen LogP contribution in [0.15, 0.2) is 42.6 Å². The molecule has 0 spiro atoms. The maximum Gasteiger partial charge on any atom is 0.160 e. The molecular formula is C16H16ClN3. The molecule has 0 aliphatic rings. The van der Waals surface area contributed by atoms with Crippen LogP contribution < -0.4 is 0 Å². The highest BCUT2D eigenvalue weighted by atomic mass is 35.5. The van der Waals surface area contributed by atoms with E-state index >= 15 is 0 Å². The number of halogens is 1. The van der Waals surface area contributed by atoms with Gasteiger partial charge in [-0.25, -0.2) is 9.97 Å². The Morgan fingerprint density at radius 3 is 2.65 bits per heavy atom. The first kappa shape index (κ1) is 13.1. The number of hydrogen-bond acceptors (Lipinski definition) is 2. The second-order valence-electron chi connectivity index (χ2n) is 4.76. The Balaban J connectivity index is 2.15. The van der Waals surface area contributed by atoms with Gasteiger partial charge < -0.3 is 4.57 Å². The quantitative estimate of drug-likeness (QED) is 0.671. The zero-order valence-corrected chi connectivity index (χ0v) is 12.1. The lowest BCUT2D eigenvalue weighted by Crippen LogP contribution is -2.00. The Hall–Kier alpha value is -1.87. The van der Waals surface area contributed by atoms with Gasteiger partial charge in [0.1, 0.15) is 11.3 Å². The molecule has 102 valence electrons. The Morgan fingerprint density at radius 1 is 1.15 bits per heavy atom. The maximum absolute atomic E-state index is 5.84. The van der Waals surface area contributed by atoms with Crippen molar-refractivity contribution in [2.24, 2.45) is 0 Å². The SMILES string of the molecule is CCCn1c(-c2ccc(CCl)cc2)nc2cccnc21. The molecule has 0 aliphatic heterocycles. The van der Waals surface area contributed by atoms with Gasteiger partial charge in [-0.2, -0.15) is 0 Å². The van der Waals surface area contributed by atoms with E-state index in [0.29, 0.717) is 5.88 Å². The topological polar surface area (TPSA) is 30.7 Å². The lowest BCUT2D eigenvalue weighted by Gasteiger charge is -2.07. The molecule has 1 aromatic carbocycles. The molecule has 4 heteroatoms. The fourth-order valence-electron chi connectivity index (χ4n) is 2.36. The third-order valence-electron chi connectivity index (χ3n) is 3.32. The van der Waals surface area contributed by atoms with Gasteiger partial charge in [-0.15, -0.1) is 11.6 Å². The van der Waals surface area contributed by atoms with Gasteiger partial charge in [0.25, 0.3) is 0 Å². The zero-order chi connectivity index (χ0) is 13.9. The van der Waals surface area contributed by atoms with Gasteiger partial charge >= 0.3 is 0 Å². The molecule has 2 aromatic heterocycles. The Bertz CT molecular complexity index is 716. The molecule has 0 saturated carbocycles. The van der Waals surface area contributed by atoms with Crippen molar-refractivity contribution in [1.29, 1.82) is 0 Å². The van der Waals surface area contributed by atoms with E-state index in [0.717, 1.165) is 41.1 Å². The van der Waals surface area contributed by atoms with Crippen molar-refractivity contribution in [3.05, 3.63) is 48.2 Å². The van der Waals surface area contributed by atoms with Gasteiger partial charge in [0.05, 0.1) is 0 Å². The van der Waals surface area contributed by atoms with Gasteiger partial charge in [-0.1, -0.05) is 31.2 Å². The molecule has 2 heterocycles. The first-order valence-electron chi connectivity index (χ1n) is 6.80. The molecule has 0 saturated heterocycles. The minimum atomic E-state index is 0.535. The van der Waals surface area contributed by atoms with Crippen molar-refractivity contribution < 1.29 is 0 Å². The smallest absolute Gasteiger partial charge is 0.160 e. The van der Waals surface area contributed by atoms with Crippen molar-refractivity contribution in [1.82, 2.24) is 14.5 Å². The summed E-state index contributed by atoms with van der Waals surface area (Å²) in [6.45, 7) is 3.08. The Kier molecular flexibility index (Phi) is 3.70. The normalized spacial score (nSPS) is 11.1. The fraction of sp³-hybridized carbons (Fsp3) is 0.250. The summed E-state index contributed by atoms with van der Waals surface area (Å²) >= 11 is 5.84. The van der Waals surface area contributed by atoms with Gasteiger partial charge in [-0.3, -0.25) is 0 Å². The number of aryl methyl sites for hydroxylation is 1. The van der Waals surface area contributed by atoms with Crippen LogP contribution in [-0.2, 0) is 12.4 Å². The van der Waals surface area contributed by atoms with Gasteiger partial charge in [0, 0.05) is 24.2 Å². The van der Waals surface area contributed by atoms with Crippen molar-refractivity contribution in [3.63, 3.8) is 0 Å². The highest BCUT2D eigenvalue weighted by molar-refractivity contribution is 6.17. The lowest BCUT2D eigenvalue weighted by molar-refractivity contribution is 0.698. The van der Waals surface area contributed by atoms with Crippen molar-refractivity contribution in [2.45, 2.75) is 25.8 Å². The molecule has 0 radical (unpaired) electrons. The van der Waals surface area contributed by atoms with E-state index in [2.05, 4.69) is 28.6 Å². The van der Waals surface area contributed by atoms with E-state index in [-0.39, 0.29) is 0 Å². The van der Waals surface area contributed by atoms with Crippen molar-refractivity contribution in [3.8, 4) is 11.4 Å². The molecule has 3 nitrogen and oxygen atoms in total. The molecule has 3 aromatic rings. The summed E-state index contributed by atoms with van der Waals surface area (Å²) in [5.41, 5.74) is 4.11. The third-order valence-corrected chi connectivity index (χ3v) is 3.63. The van der Waals surface area contributed by atoms with E-state index in [1.54, 1.807) is 0 Å². The lowest BCUT2D eigenvalue weighted by atomic mass is 10.1. The molecule has 0 atom stereocenters. The number of benzene rings is 1. The summed E-state index contributed by atoms with van der Waals surface area (Å²) in [5.74, 6) is 1.51. The highest BCUT2D eigenvalue weighted by Gasteiger charge is 2.12. The second kappa shape index (κ2) is 5.63. The van der Waals surface area contributed by atoms with E-state index < -0.39 is 0 Å². The van der Waals surface area contributed by atoms with Gasteiger partial charge in [0.15, 0.2) is 5.65 Å². The predicted molar refractivity (Wildman–Crippen MR) is 82.8 cm³/mol. The summed E-state index contributed by atoms with van der Waals surface area (Å²) in [5, 5.41) is 0. The molecule has 0 fully saturated rings. The monoisotopic (exact) mass is 285 g/mol. The minimum absolute atomic E-state index is 0.535. The van der Waals surface area contributed by atoms with Gasteiger partial charge in [0.2, 0.25) is 0 Å². The molecule has 0 bridgehead atoms. The van der Waals surface area contributed by atoms with Crippen LogP contribution in [0.3, 0.4) is 0 Å². The predicted octanol–water partition coefficient (Wildman–Crippen LogP) is 4.25. The minimum Gasteiger partial charge on any atom is -0.309 e. The second-order valence-corrected chi connectivity index (χ2v) is 5.03. The van der Waals surface area contributed by atoms with E-state index in [9.17, 15) is 0 Å². The maximum atomic E-state index is 5.84. The van der Waals surface area contributed by atoms with Crippen LogP contribution in [0.5, 0.6) is 0 Å². The van der Waals surface area contributed by atoms with Crippen LogP contribution in [0.4, 0.5) is 0 Å². The average molecular weight is 286 g/mol. The number of nitrogens with zero attached hydrogens (tertiary/aromatic N) is 3. The van der Waals surface area contributed by atoms with Crippen LogP contribution in [0.2, 0.25) is 0 Å². The molecule has 0 unspecified atom stereocenters. The molecule has 20 heavy (non-hydrogen) atoms. The Morgan fingerprint density at radius 2 is 1.95 bits per heavy atom. The highest BCUT2D eigenvalue weighted by Crippen LogP contribution is 2.24. The van der Waals surface area contributed by atoms with Crippen LogP contribution in [0.25, 0.3) is 22.6 Å². The molecule has 0 aliphatic carbocycles. The first-order valence-corrected chi connectivity index (χ1v) is 7.33. The van der Waals surface area contributed by atoms with Crippen LogP contribution in [0, 0.1) is 0 Å². The van der Waals surface area contributed by atoms with E-state index in [1.807, 2.05) is 30.5 Å². The number of hydrogen-bond donors (Lipinski definition) is 0. The summed E-state index contributed by atoms with van der Waals surface area (Å²) in [4.78, 5) is 9.18. The largest absolute Gasteiger partial charge is 0.309 e. The number of aromatic nitrogens is 3. The molecule has 3 rings (SSSR count). The first-order chi connectivity index (χ1) is 9.83. The van der Waals surface area contributed by atoms with Crippen molar-refractivity contribution in [2.75, 3.05) is 0 Å². The summed E-state index contributed by atoms with van der Waals surface area (Å²) in [6, 6.07) is 12.2. The third kappa shape index (κ3) is 2.29. The number of fused-ring (bicyclic) bond motifs is 1. The summed E-state index contributed by atoms with van der Waals surface area (Å²) in [7, 11) is 0.